The van der Waals surface area contributed by atoms with Crippen molar-refractivity contribution in [2.24, 2.45) is 0 Å². The summed E-state index contributed by atoms with van der Waals surface area (Å²) in [6.45, 7) is 6.51. The van der Waals surface area contributed by atoms with Crippen LogP contribution in [0.3, 0.4) is 0 Å². The Morgan fingerprint density at radius 1 is 0.750 bits per heavy atom. The van der Waals surface area contributed by atoms with Gasteiger partial charge in [0.1, 0.15) is 0 Å². The SMILES string of the molecule is Cc1cc(C)c(-c2ccccc2)c(C)c1.S. The summed E-state index contributed by atoms with van der Waals surface area (Å²) in [5.74, 6) is 0. The lowest BCUT2D eigenvalue weighted by atomic mass is 9.94. The number of hydrogen-bond donors (Lipinski definition) is 0. The summed E-state index contributed by atoms with van der Waals surface area (Å²) < 4.78 is 0. The van der Waals surface area contributed by atoms with Crippen molar-refractivity contribution in [2.45, 2.75) is 20.8 Å². The van der Waals surface area contributed by atoms with Crippen molar-refractivity contribution >= 4 is 13.5 Å². The Hall–Kier alpha value is -1.21. The maximum atomic E-state index is 2.25. The van der Waals surface area contributed by atoms with Crippen molar-refractivity contribution in [2.75, 3.05) is 0 Å². The van der Waals surface area contributed by atoms with E-state index in [0.717, 1.165) is 0 Å². The number of rotatable bonds is 1. The highest BCUT2D eigenvalue weighted by Gasteiger charge is 2.05. The third-order valence-electron chi connectivity index (χ3n) is 2.74. The lowest BCUT2D eigenvalue weighted by molar-refractivity contribution is 1.32. The molecule has 0 aliphatic rings. The monoisotopic (exact) mass is 230 g/mol. The molecule has 0 unspecified atom stereocenters. The average Bonchev–Trinajstić information content (AvgIpc) is 2.17. The molecule has 2 aromatic rings. The van der Waals surface area contributed by atoms with Crippen LogP contribution in [0, 0.1) is 20.8 Å². The first-order valence-corrected chi connectivity index (χ1v) is 5.32. The van der Waals surface area contributed by atoms with Crippen LogP contribution in [0.15, 0.2) is 42.5 Å². The van der Waals surface area contributed by atoms with E-state index in [0.29, 0.717) is 0 Å². The van der Waals surface area contributed by atoms with Gasteiger partial charge in [0.05, 0.1) is 0 Å². The standard InChI is InChI=1S/C15H16.H2S/c1-11-9-12(2)15(13(3)10-11)14-7-5-4-6-8-14;/h4-10H,1-3H3;1H2. The second-order valence-corrected chi connectivity index (χ2v) is 4.14. The Labute approximate surface area is 105 Å². The van der Waals surface area contributed by atoms with Crippen molar-refractivity contribution in [3.05, 3.63) is 59.2 Å². The van der Waals surface area contributed by atoms with Crippen molar-refractivity contribution in [1.82, 2.24) is 0 Å². The maximum Gasteiger partial charge on any atom is -0.0125 e. The van der Waals surface area contributed by atoms with Crippen molar-refractivity contribution in [3.8, 4) is 11.1 Å². The number of hydrogen-bond acceptors (Lipinski definition) is 0. The van der Waals surface area contributed by atoms with Gasteiger partial charge in [-0.15, -0.1) is 0 Å². The van der Waals surface area contributed by atoms with Crippen LogP contribution in [0.2, 0.25) is 0 Å². The second-order valence-electron chi connectivity index (χ2n) is 4.14. The van der Waals surface area contributed by atoms with Crippen LogP contribution >= 0.6 is 13.5 Å². The molecule has 84 valence electrons. The molecule has 0 aromatic heterocycles. The fourth-order valence-electron chi connectivity index (χ4n) is 2.24. The molecule has 2 aromatic carbocycles. The second kappa shape index (κ2) is 5.22. The molecule has 0 nitrogen and oxygen atoms in total. The molecule has 0 heterocycles. The predicted molar refractivity (Wildman–Crippen MR) is 76.5 cm³/mol. The molecular weight excluding hydrogens is 212 g/mol. The van der Waals surface area contributed by atoms with Crippen molar-refractivity contribution < 1.29 is 0 Å². The van der Waals surface area contributed by atoms with E-state index in [1.54, 1.807) is 0 Å². The van der Waals surface area contributed by atoms with E-state index in [2.05, 4.69) is 63.2 Å². The smallest absolute Gasteiger partial charge is 0.0125 e. The molecule has 0 fully saturated rings. The van der Waals surface area contributed by atoms with Crippen LogP contribution < -0.4 is 0 Å². The zero-order chi connectivity index (χ0) is 10.8. The summed E-state index contributed by atoms with van der Waals surface area (Å²) >= 11 is 0. The lowest BCUT2D eigenvalue weighted by Crippen LogP contribution is -1.89. The van der Waals surface area contributed by atoms with Gasteiger partial charge in [0, 0.05) is 0 Å². The zero-order valence-corrected chi connectivity index (χ0v) is 11.0. The van der Waals surface area contributed by atoms with Gasteiger partial charge in [-0.05, 0) is 43.0 Å². The third kappa shape index (κ3) is 2.48. The summed E-state index contributed by atoms with van der Waals surface area (Å²) in [5.41, 5.74) is 6.75. The maximum absolute atomic E-state index is 2.25. The normalized spacial score (nSPS) is 9.69. The molecule has 0 aliphatic carbocycles. The molecule has 0 bridgehead atoms. The van der Waals surface area contributed by atoms with Crippen LogP contribution in [0.1, 0.15) is 16.7 Å². The van der Waals surface area contributed by atoms with Crippen LogP contribution in [0.5, 0.6) is 0 Å². The van der Waals surface area contributed by atoms with Crippen LogP contribution in [0.4, 0.5) is 0 Å². The molecule has 2 rings (SSSR count). The molecule has 0 atom stereocenters. The van der Waals surface area contributed by atoms with Gasteiger partial charge in [-0.25, -0.2) is 0 Å². The first-order valence-electron chi connectivity index (χ1n) is 5.32. The van der Waals surface area contributed by atoms with Gasteiger partial charge in [-0.1, -0.05) is 48.0 Å². The van der Waals surface area contributed by atoms with Crippen molar-refractivity contribution in [1.29, 1.82) is 0 Å². The van der Waals surface area contributed by atoms with E-state index >= 15 is 0 Å². The summed E-state index contributed by atoms with van der Waals surface area (Å²) in [4.78, 5) is 0. The zero-order valence-electron chi connectivity index (χ0n) is 10.0. The van der Waals surface area contributed by atoms with Crippen LogP contribution in [-0.2, 0) is 0 Å². The molecule has 0 aliphatic heterocycles. The molecular formula is C15H18S. The van der Waals surface area contributed by atoms with Gasteiger partial charge < -0.3 is 0 Å². The van der Waals surface area contributed by atoms with Crippen molar-refractivity contribution in [3.63, 3.8) is 0 Å². The highest BCUT2D eigenvalue weighted by molar-refractivity contribution is 7.59. The topological polar surface area (TPSA) is 0 Å². The molecule has 1 heteroatoms. The molecule has 0 amide bonds. The Bertz CT molecular complexity index is 449. The predicted octanol–water partition coefficient (Wildman–Crippen LogP) is 4.39. The summed E-state index contributed by atoms with van der Waals surface area (Å²) in [5, 5.41) is 0. The fraction of sp³-hybridized carbons (Fsp3) is 0.200. The minimum absolute atomic E-state index is 0. The van der Waals surface area contributed by atoms with Gasteiger partial charge in [-0.3, -0.25) is 0 Å². The lowest BCUT2D eigenvalue weighted by Gasteiger charge is -2.11. The van der Waals surface area contributed by atoms with E-state index in [1.807, 2.05) is 0 Å². The highest BCUT2D eigenvalue weighted by Crippen LogP contribution is 2.27. The molecule has 16 heavy (non-hydrogen) atoms. The fourth-order valence-corrected chi connectivity index (χ4v) is 2.24. The number of benzene rings is 2. The van der Waals surface area contributed by atoms with E-state index in [-0.39, 0.29) is 13.5 Å². The van der Waals surface area contributed by atoms with Crippen LogP contribution in [-0.4, -0.2) is 0 Å². The Balaban J connectivity index is 0.00000128. The molecule has 0 radical (unpaired) electrons. The minimum atomic E-state index is 0. The van der Waals surface area contributed by atoms with E-state index in [9.17, 15) is 0 Å². The summed E-state index contributed by atoms with van der Waals surface area (Å²) in [6.07, 6.45) is 0. The number of aryl methyl sites for hydroxylation is 3. The van der Waals surface area contributed by atoms with E-state index in [1.165, 1.54) is 27.8 Å². The van der Waals surface area contributed by atoms with E-state index in [4.69, 9.17) is 0 Å². The van der Waals surface area contributed by atoms with Gasteiger partial charge in [-0.2, -0.15) is 13.5 Å². The molecule has 0 saturated carbocycles. The van der Waals surface area contributed by atoms with Gasteiger partial charge in [0.2, 0.25) is 0 Å². The molecule has 0 N–H and O–H groups in total. The quantitative estimate of drug-likeness (QED) is 0.681. The Kier molecular flexibility index (Phi) is 4.19. The Morgan fingerprint density at radius 2 is 1.25 bits per heavy atom. The van der Waals surface area contributed by atoms with E-state index < -0.39 is 0 Å². The Morgan fingerprint density at radius 3 is 1.75 bits per heavy atom. The largest absolute Gasteiger partial charge is 0.197 e. The summed E-state index contributed by atoms with van der Waals surface area (Å²) in [7, 11) is 0. The van der Waals surface area contributed by atoms with Gasteiger partial charge in [0.25, 0.3) is 0 Å². The average molecular weight is 230 g/mol. The van der Waals surface area contributed by atoms with Gasteiger partial charge in [0.15, 0.2) is 0 Å². The first kappa shape index (κ1) is 12.9. The van der Waals surface area contributed by atoms with Gasteiger partial charge >= 0.3 is 0 Å². The van der Waals surface area contributed by atoms with Crippen LogP contribution in [0.25, 0.3) is 11.1 Å². The summed E-state index contributed by atoms with van der Waals surface area (Å²) in [6, 6.07) is 15.1. The highest BCUT2D eigenvalue weighted by atomic mass is 32.1. The molecule has 0 spiro atoms. The molecule has 0 saturated heterocycles. The minimum Gasteiger partial charge on any atom is -0.197 e. The third-order valence-corrected chi connectivity index (χ3v) is 2.74. The first-order chi connectivity index (χ1) is 7.18.